The van der Waals surface area contributed by atoms with Crippen LogP contribution in [0.4, 0.5) is 8.78 Å². The van der Waals surface area contributed by atoms with Gasteiger partial charge < -0.3 is 20.1 Å². The molecule has 6 rings (SSSR count). The molecule has 0 atom stereocenters. The van der Waals surface area contributed by atoms with Gasteiger partial charge in [-0.2, -0.15) is 0 Å². The van der Waals surface area contributed by atoms with E-state index in [1.807, 2.05) is 18.3 Å². The lowest BCUT2D eigenvalue weighted by Gasteiger charge is -2.39. The van der Waals surface area contributed by atoms with Crippen molar-refractivity contribution in [2.45, 2.75) is 32.1 Å². The molecular weight excluding hydrogens is 550 g/mol. The number of aromatic nitrogens is 1. The van der Waals surface area contributed by atoms with Crippen molar-refractivity contribution in [3.63, 3.8) is 0 Å². The van der Waals surface area contributed by atoms with E-state index in [1.54, 1.807) is 12.1 Å². The third kappa shape index (κ3) is 7.03. The normalized spacial score (nSPS) is 15.3. The molecule has 0 radical (unpaired) electrons. The summed E-state index contributed by atoms with van der Waals surface area (Å²) >= 11 is 0. The Labute approximate surface area is 249 Å². The molecule has 1 aliphatic carbocycles. The number of carboxylic acids is 2. The zero-order valence-corrected chi connectivity index (χ0v) is 24.0. The summed E-state index contributed by atoms with van der Waals surface area (Å²) in [5, 5.41) is 18.0. The van der Waals surface area contributed by atoms with E-state index in [1.165, 1.54) is 38.8 Å². The number of aromatic amines is 1. The van der Waals surface area contributed by atoms with Gasteiger partial charge in [0.25, 0.3) is 0 Å². The number of likely N-dealkylation sites (tertiary alicyclic amines) is 1. The van der Waals surface area contributed by atoms with Gasteiger partial charge in [-0.25, -0.2) is 14.0 Å². The third-order valence-corrected chi connectivity index (χ3v) is 8.27. The summed E-state index contributed by atoms with van der Waals surface area (Å²) in [6, 6.07) is 23.0. The second-order valence-corrected chi connectivity index (χ2v) is 11.2. The second kappa shape index (κ2) is 13.8. The molecule has 6 nitrogen and oxygen atoms in total. The molecule has 0 amide bonds. The van der Waals surface area contributed by atoms with Crippen molar-refractivity contribution in [1.82, 2.24) is 9.88 Å². The molecule has 1 aromatic heterocycles. The maximum absolute atomic E-state index is 12.5. The summed E-state index contributed by atoms with van der Waals surface area (Å²) in [7, 11) is 0. The molecule has 1 fully saturated rings. The molecule has 2 heterocycles. The maximum atomic E-state index is 12.5. The van der Waals surface area contributed by atoms with E-state index >= 15 is 0 Å². The molecule has 43 heavy (non-hydrogen) atoms. The Morgan fingerprint density at radius 2 is 1.58 bits per heavy atom. The Morgan fingerprint density at radius 3 is 2.23 bits per heavy atom. The zero-order chi connectivity index (χ0) is 30.3. The van der Waals surface area contributed by atoms with E-state index in [4.69, 9.17) is 9.90 Å². The number of halogens is 2. The highest BCUT2D eigenvalue weighted by Gasteiger charge is 2.26. The second-order valence-electron chi connectivity index (χ2n) is 11.2. The number of alkyl halides is 2. The van der Waals surface area contributed by atoms with Crippen LogP contribution in [0.3, 0.4) is 0 Å². The lowest BCUT2D eigenvalue weighted by molar-refractivity contribution is -0.137. The number of allylic oxidation sites excluding steroid dienone is 1. The molecule has 0 unspecified atom stereocenters. The van der Waals surface area contributed by atoms with Crippen LogP contribution in [0.2, 0.25) is 0 Å². The van der Waals surface area contributed by atoms with Crippen LogP contribution >= 0.6 is 0 Å². The first-order valence-corrected chi connectivity index (χ1v) is 14.7. The van der Waals surface area contributed by atoms with Crippen LogP contribution in [0.25, 0.3) is 22.0 Å². The van der Waals surface area contributed by atoms with Gasteiger partial charge in [-0.15, -0.1) is 0 Å². The van der Waals surface area contributed by atoms with Crippen molar-refractivity contribution in [2.24, 2.45) is 5.92 Å². The molecule has 3 N–H and O–H groups in total. The minimum Gasteiger partial charge on any atom is -0.479 e. The monoisotopic (exact) mass is 586 g/mol. The largest absolute Gasteiger partial charge is 0.479 e. The van der Waals surface area contributed by atoms with Gasteiger partial charge in [-0.3, -0.25) is 4.39 Å². The molecule has 8 heteroatoms. The van der Waals surface area contributed by atoms with Gasteiger partial charge in [0.05, 0.1) is 12.2 Å². The number of carbonyl (C=O) groups is 2. The SMILES string of the molecule is O=C(O)CF.O=C(O)c1ccc(C2=C(c3ccc(CC4CN(CCCF)C4)cc3)c3ccc4[nH]ccc4c3CCC2)cc1. The van der Waals surface area contributed by atoms with Crippen molar-refractivity contribution >= 4 is 34.0 Å². The highest BCUT2D eigenvalue weighted by Crippen LogP contribution is 2.42. The van der Waals surface area contributed by atoms with Crippen molar-refractivity contribution < 1.29 is 28.6 Å². The molecular formula is C35H36F2N2O4. The summed E-state index contributed by atoms with van der Waals surface area (Å²) < 4.78 is 23.0. The fourth-order valence-corrected chi connectivity index (χ4v) is 6.27. The van der Waals surface area contributed by atoms with Gasteiger partial charge in [-0.05, 0) is 101 Å². The van der Waals surface area contributed by atoms with Gasteiger partial charge in [0.1, 0.15) is 0 Å². The van der Waals surface area contributed by atoms with Crippen LogP contribution in [0.15, 0.2) is 72.9 Å². The van der Waals surface area contributed by atoms with Crippen LogP contribution in [-0.2, 0) is 17.6 Å². The first-order chi connectivity index (χ1) is 20.9. The number of aromatic carboxylic acids is 1. The van der Waals surface area contributed by atoms with E-state index in [-0.39, 0.29) is 6.67 Å². The number of hydrogen-bond donors (Lipinski definition) is 3. The van der Waals surface area contributed by atoms with E-state index in [0.717, 1.165) is 56.4 Å². The average Bonchev–Trinajstić information content (AvgIpc) is 3.40. The molecule has 0 spiro atoms. The highest BCUT2D eigenvalue weighted by atomic mass is 19.1. The van der Waals surface area contributed by atoms with E-state index in [0.29, 0.717) is 17.9 Å². The van der Waals surface area contributed by atoms with Gasteiger partial charge in [0.2, 0.25) is 0 Å². The molecule has 1 saturated heterocycles. The zero-order valence-electron chi connectivity index (χ0n) is 24.0. The number of H-pyrrole nitrogens is 1. The van der Waals surface area contributed by atoms with E-state index in [9.17, 15) is 18.7 Å². The topological polar surface area (TPSA) is 93.6 Å². The minimum absolute atomic E-state index is 0.233. The summed E-state index contributed by atoms with van der Waals surface area (Å²) in [5.41, 5.74) is 10.2. The van der Waals surface area contributed by atoms with Crippen molar-refractivity contribution in [3.8, 4) is 0 Å². The molecule has 1 aliphatic heterocycles. The third-order valence-electron chi connectivity index (χ3n) is 8.27. The summed E-state index contributed by atoms with van der Waals surface area (Å²) in [6.45, 7) is 1.47. The van der Waals surface area contributed by atoms with Crippen LogP contribution in [-0.4, -0.2) is 65.0 Å². The molecule has 0 bridgehead atoms. The summed E-state index contributed by atoms with van der Waals surface area (Å²) in [6.07, 6.45) is 6.67. The fraction of sp³-hybridized carbons (Fsp3) is 0.314. The predicted octanol–water partition coefficient (Wildman–Crippen LogP) is 7.04. The number of aliphatic carboxylic acids is 1. The number of fused-ring (bicyclic) bond motifs is 3. The summed E-state index contributed by atoms with van der Waals surface area (Å²) in [5.74, 6) is -1.67. The van der Waals surface area contributed by atoms with Crippen LogP contribution in [0.5, 0.6) is 0 Å². The number of aryl methyl sites for hydroxylation is 1. The first kappa shape index (κ1) is 30.2. The molecule has 224 valence electrons. The lowest BCUT2D eigenvalue weighted by Crippen LogP contribution is -2.47. The minimum atomic E-state index is -1.41. The van der Waals surface area contributed by atoms with Gasteiger partial charge in [0.15, 0.2) is 6.67 Å². The Kier molecular flexibility index (Phi) is 9.67. The van der Waals surface area contributed by atoms with E-state index < -0.39 is 18.6 Å². The van der Waals surface area contributed by atoms with Gasteiger partial charge in [-0.1, -0.05) is 42.5 Å². The van der Waals surface area contributed by atoms with E-state index in [2.05, 4.69) is 52.3 Å². The smallest absolute Gasteiger partial charge is 0.335 e. The number of carboxylic acid groups (broad SMARTS) is 2. The Balaban J connectivity index is 0.000000682. The van der Waals surface area contributed by atoms with Crippen molar-refractivity contribution in [1.29, 1.82) is 0 Å². The molecule has 4 aromatic rings. The lowest BCUT2D eigenvalue weighted by atomic mass is 9.86. The number of rotatable bonds is 9. The number of hydrogen-bond acceptors (Lipinski definition) is 3. The quantitative estimate of drug-likeness (QED) is 0.196. The van der Waals surface area contributed by atoms with Gasteiger partial charge >= 0.3 is 11.9 Å². The number of benzene rings is 3. The Hall–Kier alpha value is -4.30. The standard InChI is InChI=1S/C33H33FN2O2.C2H3FO2/c34-16-2-18-36-20-23(21-36)19-22-5-7-25(8-6-22)32-27(24-9-11-26(12-10-24)33(37)38)3-1-4-28-29-15-17-35-31(29)14-13-30(28)32;3-1-2(4)5/h5-15,17,23,35H,1-4,16,18-21H2,(H,37,38);1H2,(H,4,5). The maximum Gasteiger partial charge on any atom is 0.335 e. The average molecular weight is 587 g/mol. The van der Waals surface area contributed by atoms with Crippen LogP contribution < -0.4 is 0 Å². The summed E-state index contributed by atoms with van der Waals surface area (Å²) in [4.78, 5) is 26.2. The van der Waals surface area contributed by atoms with Crippen LogP contribution in [0, 0.1) is 5.92 Å². The number of nitrogens with zero attached hydrogens (tertiary/aromatic N) is 1. The highest BCUT2D eigenvalue weighted by molar-refractivity contribution is 6.03. The Bertz CT molecular complexity index is 1600. The number of nitrogens with one attached hydrogen (secondary N) is 1. The molecule has 2 aliphatic rings. The Morgan fingerprint density at radius 1 is 0.884 bits per heavy atom. The molecule has 3 aromatic carbocycles. The van der Waals surface area contributed by atoms with Crippen molar-refractivity contribution in [2.75, 3.05) is 33.0 Å². The van der Waals surface area contributed by atoms with Crippen LogP contribution in [0.1, 0.15) is 57.4 Å². The van der Waals surface area contributed by atoms with Gasteiger partial charge in [0, 0.05) is 36.7 Å². The fourth-order valence-electron chi connectivity index (χ4n) is 6.27. The predicted molar refractivity (Wildman–Crippen MR) is 165 cm³/mol. The van der Waals surface area contributed by atoms with Crippen molar-refractivity contribution in [3.05, 3.63) is 106 Å². The molecule has 0 saturated carbocycles. The first-order valence-electron chi connectivity index (χ1n) is 14.7.